The summed E-state index contributed by atoms with van der Waals surface area (Å²) in [4.78, 5) is 27.1. The van der Waals surface area contributed by atoms with Gasteiger partial charge in [0, 0.05) is 18.5 Å². The van der Waals surface area contributed by atoms with Gasteiger partial charge in [0.05, 0.1) is 6.04 Å². The van der Waals surface area contributed by atoms with Gasteiger partial charge in [-0.25, -0.2) is 0 Å². The van der Waals surface area contributed by atoms with Crippen LogP contribution in [0.4, 0.5) is 0 Å². The summed E-state index contributed by atoms with van der Waals surface area (Å²) in [5.41, 5.74) is 3.90. The van der Waals surface area contributed by atoms with Gasteiger partial charge in [0.25, 0.3) is 0 Å². The van der Waals surface area contributed by atoms with Gasteiger partial charge in [-0.15, -0.1) is 10.2 Å². The Morgan fingerprint density at radius 2 is 1.75 bits per heavy atom. The molecule has 2 aromatic rings. The molecule has 0 bridgehead atoms. The monoisotopic (exact) mass is 437 g/mol. The molecule has 1 N–H and O–H groups in total. The maximum absolute atomic E-state index is 13.0. The van der Waals surface area contributed by atoms with Crippen molar-refractivity contribution in [3.05, 3.63) is 53.4 Å². The fourth-order valence-electron chi connectivity index (χ4n) is 4.01. The van der Waals surface area contributed by atoms with E-state index in [1.54, 1.807) is 11.8 Å². The molecule has 0 fully saturated rings. The number of amides is 1. The first-order chi connectivity index (χ1) is 15.3. The fraction of sp³-hybridized carbons (Fsp3) is 0.480. The zero-order valence-corrected chi connectivity index (χ0v) is 20.1. The summed E-state index contributed by atoms with van der Waals surface area (Å²) in [6.45, 7) is 11.9. The number of benzene rings is 1. The summed E-state index contributed by atoms with van der Waals surface area (Å²) in [5.74, 6) is 0.653. The fourth-order valence-corrected chi connectivity index (χ4v) is 4.01. The second-order valence-electron chi connectivity index (χ2n) is 8.26. The molecular formula is C25H35N5O2. The van der Waals surface area contributed by atoms with Crippen LogP contribution in [-0.4, -0.2) is 43.3 Å². The van der Waals surface area contributed by atoms with E-state index in [1.165, 1.54) is 0 Å². The Morgan fingerprint density at radius 1 is 1.09 bits per heavy atom. The van der Waals surface area contributed by atoms with Gasteiger partial charge < -0.3 is 4.90 Å². The summed E-state index contributed by atoms with van der Waals surface area (Å²) in [6, 6.07) is 7.67. The van der Waals surface area contributed by atoms with E-state index in [-0.39, 0.29) is 17.6 Å². The smallest absolute Gasteiger partial charge is 0.223 e. The van der Waals surface area contributed by atoms with E-state index < -0.39 is 6.04 Å². The number of allylic oxidation sites excluding steroid dienone is 4. The predicted octanol–water partition coefficient (Wildman–Crippen LogP) is 4.84. The third-order valence-corrected chi connectivity index (χ3v) is 5.52. The number of nitrogens with one attached hydrogen (secondary N) is 1. The molecule has 0 unspecified atom stereocenters. The highest BCUT2D eigenvalue weighted by molar-refractivity contribution is 6.03. The lowest BCUT2D eigenvalue weighted by atomic mass is 9.95. The SMILES string of the molecule is C/C=C(\C(=C/C)c1nn[nH]n1)c1ccc(CN(C(=O)CCCC)[C@H](C(C)=O)C(C)C)cc1. The number of hydrogen-bond acceptors (Lipinski definition) is 5. The first-order valence-corrected chi connectivity index (χ1v) is 11.3. The molecule has 1 heterocycles. The number of unbranched alkanes of at least 4 members (excludes halogenated alkanes) is 1. The maximum Gasteiger partial charge on any atom is 0.223 e. The van der Waals surface area contributed by atoms with Gasteiger partial charge in [-0.2, -0.15) is 5.21 Å². The number of aromatic nitrogens is 4. The standard InChI is InChI=1S/C25H35N5O2/c1-7-10-11-23(32)30(24(17(4)5)18(6)31)16-19-12-14-20(15-13-19)21(8-2)22(9-3)25-26-28-29-27-25/h8-9,12-15,17,24H,7,10-11,16H2,1-6H3,(H,26,27,28,29)/b21-8-,22-9+/t24-/m0/s1. The van der Waals surface area contributed by atoms with Gasteiger partial charge in [-0.1, -0.05) is 63.6 Å². The average molecular weight is 438 g/mol. The molecule has 7 nitrogen and oxygen atoms in total. The van der Waals surface area contributed by atoms with E-state index in [0.29, 0.717) is 18.8 Å². The number of carbonyl (C=O) groups excluding carboxylic acids is 2. The van der Waals surface area contributed by atoms with Gasteiger partial charge in [0.2, 0.25) is 11.7 Å². The summed E-state index contributed by atoms with van der Waals surface area (Å²) in [6.07, 6.45) is 6.21. The zero-order chi connectivity index (χ0) is 23.7. The number of Topliss-reactive ketones (excluding diaryl/α,β-unsaturated/α-hetero) is 1. The highest BCUT2D eigenvalue weighted by Crippen LogP contribution is 2.29. The molecule has 0 aliphatic carbocycles. The molecule has 0 saturated heterocycles. The minimum Gasteiger partial charge on any atom is -0.328 e. The molecule has 0 spiro atoms. The third-order valence-electron chi connectivity index (χ3n) is 5.52. The van der Waals surface area contributed by atoms with Crippen LogP contribution in [0.3, 0.4) is 0 Å². The molecule has 7 heteroatoms. The van der Waals surface area contributed by atoms with Crippen LogP contribution in [0.15, 0.2) is 36.4 Å². The topological polar surface area (TPSA) is 91.8 Å². The number of rotatable bonds is 11. The van der Waals surface area contributed by atoms with Crippen LogP contribution in [-0.2, 0) is 16.1 Å². The summed E-state index contributed by atoms with van der Waals surface area (Å²) in [5, 5.41) is 14.4. The van der Waals surface area contributed by atoms with Crippen LogP contribution in [0.25, 0.3) is 11.1 Å². The van der Waals surface area contributed by atoms with Crippen molar-refractivity contribution in [2.75, 3.05) is 0 Å². The van der Waals surface area contributed by atoms with Crippen molar-refractivity contribution >= 4 is 22.8 Å². The number of hydrogen-bond donors (Lipinski definition) is 1. The Kier molecular flexibility index (Phi) is 9.50. The van der Waals surface area contributed by atoms with Gasteiger partial charge >= 0.3 is 0 Å². The lowest BCUT2D eigenvalue weighted by molar-refractivity contribution is -0.141. The Morgan fingerprint density at radius 3 is 2.22 bits per heavy atom. The molecule has 1 amide bonds. The van der Waals surface area contributed by atoms with Crippen LogP contribution in [0.1, 0.15) is 77.8 Å². The van der Waals surface area contributed by atoms with Gasteiger partial charge in [0.15, 0.2) is 5.78 Å². The molecule has 1 aromatic heterocycles. The summed E-state index contributed by atoms with van der Waals surface area (Å²) < 4.78 is 0. The second kappa shape index (κ2) is 12.1. The Balaban J connectivity index is 2.30. The number of ketones is 1. The average Bonchev–Trinajstić information content (AvgIpc) is 3.29. The van der Waals surface area contributed by atoms with Gasteiger partial charge in [-0.05, 0) is 55.0 Å². The largest absolute Gasteiger partial charge is 0.328 e. The maximum atomic E-state index is 13.0. The highest BCUT2D eigenvalue weighted by atomic mass is 16.2. The molecule has 0 radical (unpaired) electrons. The Bertz CT molecular complexity index is 943. The van der Waals surface area contributed by atoms with Crippen molar-refractivity contribution in [3.8, 4) is 0 Å². The quantitative estimate of drug-likeness (QED) is 0.508. The second-order valence-corrected chi connectivity index (χ2v) is 8.26. The molecule has 0 saturated carbocycles. The summed E-state index contributed by atoms with van der Waals surface area (Å²) in [7, 11) is 0. The lowest BCUT2D eigenvalue weighted by Gasteiger charge is -2.33. The molecular weight excluding hydrogens is 402 g/mol. The minimum absolute atomic E-state index is 0.0236. The lowest BCUT2D eigenvalue weighted by Crippen LogP contribution is -2.46. The van der Waals surface area contributed by atoms with E-state index in [1.807, 2.05) is 64.1 Å². The van der Waals surface area contributed by atoms with E-state index >= 15 is 0 Å². The number of nitrogens with zero attached hydrogens (tertiary/aromatic N) is 4. The van der Waals surface area contributed by atoms with Crippen LogP contribution in [0.5, 0.6) is 0 Å². The minimum atomic E-state index is -0.419. The van der Waals surface area contributed by atoms with Crippen LogP contribution < -0.4 is 0 Å². The molecule has 0 aliphatic heterocycles. The molecule has 0 aliphatic rings. The number of aromatic amines is 1. The third kappa shape index (κ3) is 6.22. The number of tetrazole rings is 1. The van der Waals surface area contributed by atoms with Crippen LogP contribution in [0, 0.1) is 5.92 Å². The molecule has 2 rings (SSSR count). The van der Waals surface area contributed by atoms with E-state index in [4.69, 9.17) is 0 Å². The van der Waals surface area contributed by atoms with Crippen molar-refractivity contribution < 1.29 is 9.59 Å². The zero-order valence-electron chi connectivity index (χ0n) is 20.1. The number of carbonyl (C=O) groups is 2. The van der Waals surface area contributed by atoms with Crippen molar-refractivity contribution in [1.82, 2.24) is 25.5 Å². The van der Waals surface area contributed by atoms with E-state index in [9.17, 15) is 9.59 Å². The van der Waals surface area contributed by atoms with Crippen molar-refractivity contribution in [2.45, 2.75) is 73.4 Å². The molecule has 1 aromatic carbocycles. The highest BCUT2D eigenvalue weighted by Gasteiger charge is 2.29. The van der Waals surface area contributed by atoms with E-state index in [0.717, 1.165) is 35.1 Å². The first-order valence-electron chi connectivity index (χ1n) is 11.3. The first kappa shape index (κ1) is 25.2. The Labute approximate surface area is 191 Å². The molecule has 1 atom stereocenters. The van der Waals surface area contributed by atoms with E-state index in [2.05, 4.69) is 27.5 Å². The van der Waals surface area contributed by atoms with Crippen molar-refractivity contribution in [3.63, 3.8) is 0 Å². The molecule has 172 valence electrons. The number of H-pyrrole nitrogens is 1. The van der Waals surface area contributed by atoms with Crippen molar-refractivity contribution in [1.29, 1.82) is 0 Å². The van der Waals surface area contributed by atoms with Gasteiger partial charge in [-0.3, -0.25) is 9.59 Å². The Hall–Kier alpha value is -3.09. The van der Waals surface area contributed by atoms with Crippen LogP contribution >= 0.6 is 0 Å². The van der Waals surface area contributed by atoms with Crippen molar-refractivity contribution in [2.24, 2.45) is 5.92 Å². The molecule has 32 heavy (non-hydrogen) atoms. The summed E-state index contributed by atoms with van der Waals surface area (Å²) >= 11 is 0. The normalized spacial score (nSPS) is 13.3. The van der Waals surface area contributed by atoms with Crippen LogP contribution in [0.2, 0.25) is 0 Å². The van der Waals surface area contributed by atoms with Gasteiger partial charge in [0.1, 0.15) is 0 Å². The predicted molar refractivity (Wildman–Crippen MR) is 127 cm³/mol.